The molecule has 0 aliphatic rings. The molecule has 0 aromatic heterocycles. The lowest BCUT2D eigenvalue weighted by Gasteiger charge is -2.11. The zero-order valence-electron chi connectivity index (χ0n) is 10.9. The third-order valence-electron chi connectivity index (χ3n) is 2.76. The van der Waals surface area contributed by atoms with Crippen molar-refractivity contribution in [1.82, 2.24) is 0 Å². The molecule has 0 unspecified atom stereocenters. The number of hydrogen-bond donors (Lipinski definition) is 2. The summed E-state index contributed by atoms with van der Waals surface area (Å²) in [6, 6.07) is 13.0. The standard InChI is InChI=1S/C14H12ClN3O2S/c15-12-7-10(8-16)5-6-14(12)18-21(19,20)9-11-3-1-2-4-13(11)17/h1-7,18H,9,17H2. The Morgan fingerprint density at radius 1 is 1.24 bits per heavy atom. The summed E-state index contributed by atoms with van der Waals surface area (Å²) in [5.74, 6) is -0.254. The van der Waals surface area contributed by atoms with Gasteiger partial charge in [0.15, 0.2) is 0 Å². The minimum Gasteiger partial charge on any atom is -0.398 e. The van der Waals surface area contributed by atoms with Crippen LogP contribution in [0, 0.1) is 11.3 Å². The number of anilines is 2. The molecule has 0 fully saturated rings. The van der Waals surface area contributed by atoms with Crippen LogP contribution in [0.2, 0.25) is 5.02 Å². The Labute approximate surface area is 128 Å². The lowest BCUT2D eigenvalue weighted by molar-refractivity contribution is 0.600. The number of halogens is 1. The molecule has 7 heteroatoms. The molecule has 0 saturated heterocycles. The first-order valence-electron chi connectivity index (χ1n) is 5.95. The zero-order chi connectivity index (χ0) is 15.5. The van der Waals surface area contributed by atoms with Gasteiger partial charge >= 0.3 is 0 Å². The molecular formula is C14H12ClN3O2S. The maximum atomic E-state index is 12.1. The van der Waals surface area contributed by atoms with Crippen molar-refractivity contribution in [2.75, 3.05) is 10.5 Å². The van der Waals surface area contributed by atoms with Gasteiger partial charge in [-0.2, -0.15) is 5.26 Å². The number of nitriles is 1. The molecular weight excluding hydrogens is 310 g/mol. The first-order valence-corrected chi connectivity index (χ1v) is 7.98. The van der Waals surface area contributed by atoms with Gasteiger partial charge in [-0.15, -0.1) is 0 Å². The molecule has 2 rings (SSSR count). The number of nitrogens with two attached hydrogens (primary N) is 1. The van der Waals surface area contributed by atoms with Gasteiger partial charge in [-0.05, 0) is 29.8 Å². The van der Waals surface area contributed by atoms with E-state index in [1.165, 1.54) is 18.2 Å². The number of sulfonamides is 1. The Hall–Kier alpha value is -2.23. The van der Waals surface area contributed by atoms with Crippen LogP contribution in [0.15, 0.2) is 42.5 Å². The highest BCUT2D eigenvalue weighted by Gasteiger charge is 2.15. The van der Waals surface area contributed by atoms with Crippen molar-refractivity contribution in [3.8, 4) is 6.07 Å². The van der Waals surface area contributed by atoms with E-state index in [4.69, 9.17) is 22.6 Å². The number of hydrogen-bond acceptors (Lipinski definition) is 4. The molecule has 0 amide bonds. The fourth-order valence-electron chi connectivity index (χ4n) is 1.74. The Morgan fingerprint density at radius 3 is 2.57 bits per heavy atom. The van der Waals surface area contributed by atoms with Crippen LogP contribution in [0.4, 0.5) is 11.4 Å². The van der Waals surface area contributed by atoms with E-state index < -0.39 is 10.0 Å². The second-order valence-electron chi connectivity index (χ2n) is 4.37. The Balaban J connectivity index is 2.23. The van der Waals surface area contributed by atoms with Gasteiger partial charge in [-0.25, -0.2) is 8.42 Å². The van der Waals surface area contributed by atoms with Crippen molar-refractivity contribution in [3.63, 3.8) is 0 Å². The minimum absolute atomic E-state index is 0.165. The molecule has 3 N–H and O–H groups in total. The van der Waals surface area contributed by atoms with E-state index in [1.807, 2.05) is 6.07 Å². The molecule has 0 spiro atoms. The summed E-state index contributed by atoms with van der Waals surface area (Å²) < 4.78 is 26.7. The predicted molar refractivity (Wildman–Crippen MR) is 83.3 cm³/mol. The summed E-state index contributed by atoms with van der Waals surface area (Å²) in [6.07, 6.45) is 0. The molecule has 21 heavy (non-hydrogen) atoms. The number of para-hydroxylation sites is 1. The third kappa shape index (κ3) is 3.88. The number of nitrogen functional groups attached to an aromatic ring is 1. The van der Waals surface area contributed by atoms with Crippen molar-refractivity contribution < 1.29 is 8.42 Å². The molecule has 0 bridgehead atoms. The van der Waals surface area contributed by atoms with Crippen LogP contribution >= 0.6 is 11.6 Å². The van der Waals surface area contributed by atoms with Crippen LogP contribution in [-0.4, -0.2) is 8.42 Å². The monoisotopic (exact) mass is 321 g/mol. The van der Waals surface area contributed by atoms with Crippen molar-refractivity contribution in [3.05, 3.63) is 58.6 Å². The van der Waals surface area contributed by atoms with E-state index in [0.29, 0.717) is 16.8 Å². The van der Waals surface area contributed by atoms with E-state index in [2.05, 4.69) is 4.72 Å². The maximum absolute atomic E-state index is 12.1. The van der Waals surface area contributed by atoms with Gasteiger partial charge in [0.1, 0.15) is 0 Å². The van der Waals surface area contributed by atoms with Crippen molar-refractivity contribution in [1.29, 1.82) is 5.26 Å². The second kappa shape index (κ2) is 6.04. The van der Waals surface area contributed by atoms with Crippen LogP contribution in [0.25, 0.3) is 0 Å². The number of nitrogens with one attached hydrogen (secondary N) is 1. The predicted octanol–water partition coefficient (Wildman–Crippen LogP) is 2.74. The van der Waals surface area contributed by atoms with Crippen LogP contribution in [0.3, 0.4) is 0 Å². The van der Waals surface area contributed by atoms with Crippen LogP contribution in [0.5, 0.6) is 0 Å². The third-order valence-corrected chi connectivity index (χ3v) is 4.30. The first kappa shape index (κ1) is 15.2. The molecule has 0 saturated carbocycles. The summed E-state index contributed by atoms with van der Waals surface area (Å²) >= 11 is 5.95. The molecule has 0 aliphatic heterocycles. The largest absolute Gasteiger partial charge is 0.398 e. The van der Waals surface area contributed by atoms with E-state index in [1.54, 1.807) is 24.3 Å². The molecule has 2 aromatic rings. The molecule has 0 atom stereocenters. The van der Waals surface area contributed by atoms with E-state index in [9.17, 15) is 8.42 Å². The lowest BCUT2D eigenvalue weighted by atomic mass is 10.2. The Bertz CT molecular complexity index is 813. The van der Waals surface area contributed by atoms with Gasteiger partial charge in [-0.1, -0.05) is 29.8 Å². The normalized spacial score (nSPS) is 10.9. The van der Waals surface area contributed by atoms with Crippen molar-refractivity contribution in [2.45, 2.75) is 5.75 Å². The second-order valence-corrected chi connectivity index (χ2v) is 6.50. The van der Waals surface area contributed by atoms with Gasteiger partial charge < -0.3 is 5.73 Å². The fourth-order valence-corrected chi connectivity index (χ4v) is 3.28. The average Bonchev–Trinajstić information content (AvgIpc) is 2.43. The van der Waals surface area contributed by atoms with Gasteiger partial charge in [-0.3, -0.25) is 4.72 Å². The Morgan fingerprint density at radius 2 is 1.95 bits per heavy atom. The smallest absolute Gasteiger partial charge is 0.237 e. The number of benzene rings is 2. The molecule has 2 aromatic carbocycles. The summed E-state index contributed by atoms with van der Waals surface area (Å²) in [5, 5.41) is 8.92. The average molecular weight is 322 g/mol. The summed E-state index contributed by atoms with van der Waals surface area (Å²) in [4.78, 5) is 0. The quantitative estimate of drug-likeness (QED) is 0.846. The van der Waals surface area contributed by atoms with E-state index in [-0.39, 0.29) is 16.5 Å². The SMILES string of the molecule is N#Cc1ccc(NS(=O)(=O)Cc2ccccc2N)c(Cl)c1. The number of rotatable bonds is 4. The topological polar surface area (TPSA) is 96.0 Å². The molecule has 0 heterocycles. The van der Waals surface area contributed by atoms with Gasteiger partial charge in [0.05, 0.1) is 28.1 Å². The lowest BCUT2D eigenvalue weighted by Crippen LogP contribution is -2.16. The fraction of sp³-hybridized carbons (Fsp3) is 0.0714. The van der Waals surface area contributed by atoms with Crippen LogP contribution in [0.1, 0.15) is 11.1 Å². The molecule has 108 valence electrons. The zero-order valence-corrected chi connectivity index (χ0v) is 12.4. The summed E-state index contributed by atoms with van der Waals surface area (Å²) in [5.41, 5.74) is 7.24. The molecule has 5 nitrogen and oxygen atoms in total. The highest BCUT2D eigenvalue weighted by molar-refractivity contribution is 7.91. The van der Waals surface area contributed by atoms with Crippen molar-refractivity contribution >= 4 is 33.0 Å². The summed E-state index contributed by atoms with van der Waals surface area (Å²) in [6.45, 7) is 0. The number of nitrogens with zero attached hydrogens (tertiary/aromatic N) is 1. The van der Waals surface area contributed by atoms with Crippen LogP contribution < -0.4 is 10.5 Å². The van der Waals surface area contributed by atoms with Crippen molar-refractivity contribution in [2.24, 2.45) is 0 Å². The van der Waals surface area contributed by atoms with E-state index in [0.717, 1.165) is 0 Å². The minimum atomic E-state index is -3.65. The van der Waals surface area contributed by atoms with Gasteiger partial charge in [0, 0.05) is 5.69 Å². The molecule has 0 aliphatic carbocycles. The molecule has 0 radical (unpaired) electrons. The van der Waals surface area contributed by atoms with Gasteiger partial charge in [0.25, 0.3) is 0 Å². The maximum Gasteiger partial charge on any atom is 0.237 e. The van der Waals surface area contributed by atoms with E-state index >= 15 is 0 Å². The highest BCUT2D eigenvalue weighted by Crippen LogP contribution is 2.25. The summed E-state index contributed by atoms with van der Waals surface area (Å²) in [7, 11) is -3.65. The first-order chi connectivity index (χ1) is 9.91. The Kier molecular flexibility index (Phi) is 4.36. The highest BCUT2D eigenvalue weighted by atomic mass is 35.5. The van der Waals surface area contributed by atoms with Gasteiger partial charge in [0.2, 0.25) is 10.0 Å². The van der Waals surface area contributed by atoms with Crippen LogP contribution in [-0.2, 0) is 15.8 Å².